The predicted octanol–water partition coefficient (Wildman–Crippen LogP) is 2.39. The number of hydrogen-bond donors (Lipinski definition) is 1. The Morgan fingerprint density at radius 3 is 2.74 bits per heavy atom. The average molecular weight is 329 g/mol. The van der Waals surface area contributed by atoms with Crippen molar-refractivity contribution in [2.75, 3.05) is 34.3 Å². The summed E-state index contributed by atoms with van der Waals surface area (Å²) in [7, 11) is 5.64. The van der Waals surface area contributed by atoms with Crippen molar-refractivity contribution in [1.29, 1.82) is 0 Å². The summed E-state index contributed by atoms with van der Waals surface area (Å²) in [6.07, 6.45) is 0. The van der Waals surface area contributed by atoms with Crippen molar-refractivity contribution in [2.24, 2.45) is 5.92 Å². The van der Waals surface area contributed by atoms with Crippen LogP contribution in [0.3, 0.4) is 0 Å². The van der Waals surface area contributed by atoms with Gasteiger partial charge in [-0.05, 0) is 54.1 Å². The SMILES string of the molecule is COc1ccc(Br)c(C(=O)NC[C@@H](C)CN(C)C)c1. The molecule has 1 amide bonds. The second-order valence-corrected chi connectivity index (χ2v) is 5.78. The Labute approximate surface area is 123 Å². The van der Waals surface area contributed by atoms with Gasteiger partial charge in [0.15, 0.2) is 0 Å². The Kier molecular flexibility index (Phi) is 6.31. The van der Waals surface area contributed by atoms with Crippen LogP contribution in [0.4, 0.5) is 0 Å². The predicted molar refractivity (Wildman–Crippen MR) is 80.7 cm³/mol. The van der Waals surface area contributed by atoms with Gasteiger partial charge in [0, 0.05) is 17.6 Å². The van der Waals surface area contributed by atoms with Crippen LogP contribution in [0.2, 0.25) is 0 Å². The van der Waals surface area contributed by atoms with Crippen molar-refractivity contribution < 1.29 is 9.53 Å². The molecule has 0 aliphatic heterocycles. The molecule has 0 fully saturated rings. The lowest BCUT2D eigenvalue weighted by atomic mass is 10.1. The smallest absolute Gasteiger partial charge is 0.252 e. The van der Waals surface area contributed by atoms with E-state index in [4.69, 9.17) is 4.74 Å². The zero-order valence-corrected chi connectivity index (χ0v) is 13.5. The normalized spacial score (nSPS) is 12.3. The quantitative estimate of drug-likeness (QED) is 0.871. The van der Waals surface area contributed by atoms with Gasteiger partial charge in [0.1, 0.15) is 5.75 Å². The molecule has 0 heterocycles. The summed E-state index contributed by atoms with van der Waals surface area (Å²) in [5, 5.41) is 2.95. The minimum Gasteiger partial charge on any atom is -0.497 e. The number of hydrogen-bond acceptors (Lipinski definition) is 3. The molecular formula is C14H21BrN2O2. The first-order chi connectivity index (χ1) is 8.93. The van der Waals surface area contributed by atoms with Gasteiger partial charge in [0.25, 0.3) is 5.91 Å². The second-order valence-electron chi connectivity index (χ2n) is 4.92. The molecule has 0 saturated heterocycles. The largest absolute Gasteiger partial charge is 0.497 e. The van der Waals surface area contributed by atoms with E-state index >= 15 is 0 Å². The van der Waals surface area contributed by atoms with E-state index in [1.165, 1.54) is 0 Å². The van der Waals surface area contributed by atoms with Crippen molar-refractivity contribution in [3.8, 4) is 5.75 Å². The molecule has 1 aromatic carbocycles. The topological polar surface area (TPSA) is 41.6 Å². The summed E-state index contributed by atoms with van der Waals surface area (Å²) in [4.78, 5) is 14.2. The highest BCUT2D eigenvalue weighted by Crippen LogP contribution is 2.22. The molecule has 0 unspecified atom stereocenters. The van der Waals surface area contributed by atoms with Crippen LogP contribution in [0.5, 0.6) is 5.75 Å². The van der Waals surface area contributed by atoms with Crippen LogP contribution in [0, 0.1) is 5.92 Å². The van der Waals surface area contributed by atoms with E-state index in [0.717, 1.165) is 11.0 Å². The fourth-order valence-corrected chi connectivity index (χ4v) is 2.28. The second kappa shape index (κ2) is 7.50. The first-order valence-corrected chi connectivity index (χ1v) is 6.99. The third kappa shape index (κ3) is 5.20. The van der Waals surface area contributed by atoms with Crippen molar-refractivity contribution >= 4 is 21.8 Å². The minimum atomic E-state index is -0.0867. The van der Waals surface area contributed by atoms with E-state index < -0.39 is 0 Å². The van der Waals surface area contributed by atoms with E-state index in [9.17, 15) is 4.79 Å². The monoisotopic (exact) mass is 328 g/mol. The van der Waals surface area contributed by atoms with Gasteiger partial charge >= 0.3 is 0 Å². The highest BCUT2D eigenvalue weighted by Gasteiger charge is 2.12. The van der Waals surface area contributed by atoms with Gasteiger partial charge in [-0.15, -0.1) is 0 Å². The van der Waals surface area contributed by atoms with Crippen LogP contribution in [0.1, 0.15) is 17.3 Å². The average Bonchev–Trinajstić information content (AvgIpc) is 2.35. The molecule has 0 saturated carbocycles. The Morgan fingerprint density at radius 2 is 2.16 bits per heavy atom. The molecule has 4 nitrogen and oxygen atoms in total. The van der Waals surface area contributed by atoms with Crippen molar-refractivity contribution in [2.45, 2.75) is 6.92 Å². The maximum absolute atomic E-state index is 12.1. The highest BCUT2D eigenvalue weighted by atomic mass is 79.9. The molecule has 0 bridgehead atoms. The lowest BCUT2D eigenvalue weighted by Crippen LogP contribution is -2.33. The number of benzene rings is 1. The standard InChI is InChI=1S/C14H21BrN2O2/c1-10(9-17(2)3)8-16-14(18)12-7-11(19-4)5-6-13(12)15/h5-7,10H,8-9H2,1-4H3,(H,16,18)/t10-/m1/s1. The van der Waals surface area contributed by atoms with Gasteiger partial charge in [-0.1, -0.05) is 6.92 Å². The number of nitrogens with zero attached hydrogens (tertiary/aromatic N) is 1. The number of rotatable bonds is 6. The van der Waals surface area contributed by atoms with Gasteiger partial charge in [-0.3, -0.25) is 4.79 Å². The summed E-state index contributed by atoms with van der Waals surface area (Å²) >= 11 is 3.38. The van der Waals surface area contributed by atoms with Gasteiger partial charge < -0.3 is 15.0 Å². The van der Waals surface area contributed by atoms with Crippen LogP contribution < -0.4 is 10.1 Å². The molecule has 1 rings (SSSR count). The lowest BCUT2D eigenvalue weighted by Gasteiger charge is -2.17. The van der Waals surface area contributed by atoms with Crippen molar-refractivity contribution in [3.63, 3.8) is 0 Å². The Bertz CT molecular complexity index is 435. The summed E-state index contributed by atoms with van der Waals surface area (Å²) in [5.74, 6) is 0.995. The molecule has 0 aliphatic rings. The summed E-state index contributed by atoms with van der Waals surface area (Å²) < 4.78 is 5.90. The maximum atomic E-state index is 12.1. The molecule has 19 heavy (non-hydrogen) atoms. The number of methoxy groups -OCH3 is 1. The third-order valence-corrected chi connectivity index (χ3v) is 3.40. The summed E-state index contributed by atoms with van der Waals surface area (Å²) in [6, 6.07) is 5.36. The van der Waals surface area contributed by atoms with Crippen molar-refractivity contribution in [3.05, 3.63) is 28.2 Å². The number of nitrogens with one attached hydrogen (secondary N) is 1. The number of ether oxygens (including phenoxy) is 1. The van der Waals surface area contributed by atoms with E-state index in [0.29, 0.717) is 23.8 Å². The van der Waals surface area contributed by atoms with Crippen molar-refractivity contribution in [1.82, 2.24) is 10.2 Å². The molecule has 1 aromatic rings. The van der Waals surface area contributed by atoms with Gasteiger partial charge in [0.2, 0.25) is 0 Å². The van der Waals surface area contributed by atoms with E-state index in [-0.39, 0.29) is 5.91 Å². The van der Waals surface area contributed by atoms with E-state index in [1.807, 2.05) is 26.2 Å². The molecule has 0 aliphatic carbocycles. The molecule has 0 radical (unpaired) electrons. The fraction of sp³-hybridized carbons (Fsp3) is 0.500. The van der Waals surface area contributed by atoms with Gasteiger partial charge in [0.05, 0.1) is 12.7 Å². The molecule has 1 atom stereocenters. The first kappa shape index (κ1) is 16.0. The van der Waals surface area contributed by atoms with Crippen LogP contribution in [-0.2, 0) is 0 Å². The zero-order valence-electron chi connectivity index (χ0n) is 11.9. The van der Waals surface area contributed by atoms with E-state index in [2.05, 4.69) is 33.1 Å². The van der Waals surface area contributed by atoms with Crippen LogP contribution in [0.25, 0.3) is 0 Å². The number of halogens is 1. The summed E-state index contributed by atoms with van der Waals surface area (Å²) in [6.45, 7) is 3.71. The maximum Gasteiger partial charge on any atom is 0.252 e. The zero-order chi connectivity index (χ0) is 14.4. The summed E-state index contributed by atoms with van der Waals surface area (Å²) in [5.41, 5.74) is 0.594. The van der Waals surface area contributed by atoms with Crippen LogP contribution in [0.15, 0.2) is 22.7 Å². The Morgan fingerprint density at radius 1 is 1.47 bits per heavy atom. The molecule has 5 heteroatoms. The molecule has 0 spiro atoms. The lowest BCUT2D eigenvalue weighted by molar-refractivity contribution is 0.0944. The fourth-order valence-electron chi connectivity index (χ4n) is 1.86. The number of amides is 1. The minimum absolute atomic E-state index is 0.0867. The Hall–Kier alpha value is -1.07. The molecular weight excluding hydrogens is 308 g/mol. The first-order valence-electron chi connectivity index (χ1n) is 6.20. The van der Waals surface area contributed by atoms with Crippen LogP contribution >= 0.6 is 15.9 Å². The highest BCUT2D eigenvalue weighted by molar-refractivity contribution is 9.10. The van der Waals surface area contributed by atoms with Gasteiger partial charge in [-0.2, -0.15) is 0 Å². The number of carbonyl (C=O) groups excluding carboxylic acids is 1. The molecule has 106 valence electrons. The Balaban J connectivity index is 2.63. The van der Waals surface area contributed by atoms with E-state index in [1.54, 1.807) is 13.2 Å². The molecule has 0 aromatic heterocycles. The molecule has 1 N–H and O–H groups in total. The van der Waals surface area contributed by atoms with Gasteiger partial charge in [-0.25, -0.2) is 0 Å². The van der Waals surface area contributed by atoms with Crippen LogP contribution in [-0.4, -0.2) is 45.1 Å². The number of carbonyl (C=O) groups is 1. The third-order valence-electron chi connectivity index (χ3n) is 2.71.